The summed E-state index contributed by atoms with van der Waals surface area (Å²) in [5, 5.41) is 29.4. The molecule has 5 atom stereocenters. The Morgan fingerprint density at radius 1 is 0.776 bits per heavy atom. The van der Waals surface area contributed by atoms with Gasteiger partial charge in [-0.25, -0.2) is 0 Å². The van der Waals surface area contributed by atoms with Crippen LogP contribution in [0.25, 0.3) is 0 Å². The molecule has 0 aromatic heterocycles. The first-order chi connectivity index (χ1) is 23.6. The number of rotatable bonds is 32. The fraction of sp³-hybridized carbons (Fsp3) is 0.718. The van der Waals surface area contributed by atoms with E-state index in [9.17, 15) is 24.6 Å². The lowest BCUT2D eigenvalue weighted by atomic mass is 10.00. The maximum atomic E-state index is 12.5. The number of unbranched alkanes of at least 4 members (excludes halogenated alkanes) is 8. The van der Waals surface area contributed by atoms with Gasteiger partial charge in [-0.05, 0) is 44.4 Å². The molecule has 10 heteroatoms. The van der Waals surface area contributed by atoms with Crippen LogP contribution in [0.4, 0.5) is 0 Å². The number of hydrogen-bond donors (Lipinski definition) is 4. The molecule has 0 fully saturated rings. The normalized spacial score (nSPS) is 15.2. The second-order valence-corrected chi connectivity index (χ2v) is 14.0. The van der Waals surface area contributed by atoms with Gasteiger partial charge in [-0.15, -0.1) is 11.8 Å². The molecule has 0 heterocycles. The average Bonchev–Trinajstić information content (AvgIpc) is 3.08. The highest BCUT2D eigenvalue weighted by Crippen LogP contribution is 2.21. The van der Waals surface area contributed by atoms with Crippen LogP contribution < -0.4 is 5.73 Å². The fourth-order valence-corrected chi connectivity index (χ4v) is 5.86. The molecule has 49 heavy (non-hydrogen) atoms. The first-order valence-electron chi connectivity index (χ1n) is 18.5. The zero-order valence-electron chi connectivity index (χ0n) is 30.5. The number of aliphatic hydroxyl groups is 2. The molecular formula is C39H67NO8S. The third-order valence-corrected chi connectivity index (χ3v) is 9.51. The van der Waals surface area contributed by atoms with Crippen molar-refractivity contribution in [3.05, 3.63) is 48.6 Å². The lowest BCUT2D eigenvalue weighted by Gasteiger charge is -2.21. The Kier molecular flexibility index (Phi) is 31.2. The smallest absolute Gasteiger partial charge is 0.323 e. The van der Waals surface area contributed by atoms with E-state index in [0.717, 1.165) is 38.0 Å². The van der Waals surface area contributed by atoms with Gasteiger partial charge in [-0.2, -0.15) is 0 Å². The van der Waals surface area contributed by atoms with Crippen LogP contribution in [0.2, 0.25) is 0 Å². The molecule has 0 aliphatic heterocycles. The minimum atomic E-state index is -1.16. The minimum absolute atomic E-state index is 0.0435. The molecule has 282 valence electrons. The highest BCUT2D eigenvalue weighted by Gasteiger charge is 2.23. The van der Waals surface area contributed by atoms with E-state index in [-0.39, 0.29) is 37.8 Å². The van der Waals surface area contributed by atoms with Crippen molar-refractivity contribution in [2.45, 2.75) is 153 Å². The number of carboxylic acid groups (broad SMARTS) is 1. The number of thioether (sulfide) groups is 1. The van der Waals surface area contributed by atoms with E-state index in [0.29, 0.717) is 12.8 Å². The molecule has 0 saturated carbocycles. The Hall–Kier alpha value is -2.40. The van der Waals surface area contributed by atoms with E-state index in [1.54, 1.807) is 12.2 Å². The molecule has 0 aromatic rings. The maximum Gasteiger partial charge on any atom is 0.323 e. The summed E-state index contributed by atoms with van der Waals surface area (Å²) >= 11 is 1.27. The zero-order valence-corrected chi connectivity index (χ0v) is 31.3. The third kappa shape index (κ3) is 30.2. The first kappa shape index (κ1) is 46.6. The van der Waals surface area contributed by atoms with E-state index in [2.05, 4.69) is 39.0 Å². The third-order valence-electron chi connectivity index (χ3n) is 8.10. The highest BCUT2D eigenvalue weighted by molar-refractivity contribution is 8.00. The van der Waals surface area contributed by atoms with Gasteiger partial charge >= 0.3 is 17.9 Å². The number of ether oxygens (including phenoxy) is 2. The summed E-state index contributed by atoms with van der Waals surface area (Å²) in [4.78, 5) is 35.4. The Morgan fingerprint density at radius 2 is 1.47 bits per heavy atom. The zero-order chi connectivity index (χ0) is 36.5. The van der Waals surface area contributed by atoms with Crippen molar-refractivity contribution in [3.63, 3.8) is 0 Å². The van der Waals surface area contributed by atoms with Gasteiger partial charge in [0.2, 0.25) is 0 Å². The standard InChI is InChI=1S/C39H67NO8S/c1-4-6-7-8-9-10-11-12-13-14-18-21-26-36(35(42)25-23-27-37(43)44)49-31-34(40)39(46)48-30-33(41)29-47-38(45)28-22-19-16-15-17-20-24-32(3)5-2/h9-10,12-14,18,21,26,32-36,41-42H,4-8,11,15-17,19-20,22-25,27-31,40H2,1-3H3,(H,43,44)/b10-9-,13-12-,18-14+,26-21+/t32?,33-,34-,35-,36+/m0/s1. The van der Waals surface area contributed by atoms with Crippen LogP contribution in [0.15, 0.2) is 48.6 Å². The molecule has 0 saturated heterocycles. The molecule has 1 unspecified atom stereocenters. The predicted molar refractivity (Wildman–Crippen MR) is 201 cm³/mol. The number of carbonyl (C=O) groups excluding carboxylic acids is 2. The summed E-state index contributed by atoms with van der Waals surface area (Å²) < 4.78 is 10.3. The van der Waals surface area contributed by atoms with Crippen molar-refractivity contribution in [2.75, 3.05) is 19.0 Å². The molecule has 0 radical (unpaired) electrons. The molecule has 0 bridgehead atoms. The van der Waals surface area contributed by atoms with Gasteiger partial charge in [0.05, 0.1) is 6.10 Å². The Morgan fingerprint density at radius 3 is 2.18 bits per heavy atom. The number of esters is 2. The van der Waals surface area contributed by atoms with Crippen LogP contribution in [-0.4, -0.2) is 75.7 Å². The first-order valence-corrected chi connectivity index (χ1v) is 19.6. The van der Waals surface area contributed by atoms with Crippen LogP contribution >= 0.6 is 11.8 Å². The van der Waals surface area contributed by atoms with E-state index >= 15 is 0 Å². The van der Waals surface area contributed by atoms with Crippen LogP contribution in [0, 0.1) is 5.92 Å². The van der Waals surface area contributed by atoms with E-state index < -0.39 is 35.4 Å². The maximum absolute atomic E-state index is 12.5. The van der Waals surface area contributed by atoms with E-state index in [1.807, 2.05) is 18.2 Å². The molecule has 0 amide bonds. The molecule has 0 aliphatic carbocycles. The number of hydrogen-bond acceptors (Lipinski definition) is 9. The van der Waals surface area contributed by atoms with Crippen molar-refractivity contribution in [2.24, 2.45) is 11.7 Å². The SMILES string of the molecule is CCCCC/C=C\C\C=C/C=C/C=C/[C@@H](SC[C@H](N)C(=O)OC[C@@H](O)COC(=O)CCCCCCCCC(C)CC)[C@@H](O)CCCC(=O)O. The van der Waals surface area contributed by atoms with Crippen LogP contribution in [0.1, 0.15) is 130 Å². The summed E-state index contributed by atoms with van der Waals surface area (Å²) in [5.74, 6) is -1.09. The monoisotopic (exact) mass is 709 g/mol. The Bertz CT molecular complexity index is 967. The predicted octanol–water partition coefficient (Wildman–Crippen LogP) is 7.84. The van der Waals surface area contributed by atoms with Crippen molar-refractivity contribution >= 4 is 29.7 Å². The molecule has 9 nitrogen and oxygen atoms in total. The quantitative estimate of drug-likeness (QED) is 0.0235. The number of aliphatic carboxylic acids is 1. The molecular weight excluding hydrogens is 642 g/mol. The lowest BCUT2D eigenvalue weighted by molar-refractivity contribution is -0.153. The summed E-state index contributed by atoms with van der Waals surface area (Å²) in [5.41, 5.74) is 6.03. The average molecular weight is 710 g/mol. The van der Waals surface area contributed by atoms with Crippen molar-refractivity contribution in [1.82, 2.24) is 0 Å². The molecule has 0 aromatic carbocycles. The topological polar surface area (TPSA) is 156 Å². The Balaban J connectivity index is 4.51. The van der Waals surface area contributed by atoms with Gasteiger partial charge in [0.1, 0.15) is 25.4 Å². The number of carboxylic acids is 1. The van der Waals surface area contributed by atoms with E-state index in [4.69, 9.17) is 20.3 Å². The summed E-state index contributed by atoms with van der Waals surface area (Å²) in [6.07, 6.45) is 29.2. The van der Waals surface area contributed by atoms with Crippen LogP contribution in [0.5, 0.6) is 0 Å². The number of allylic oxidation sites excluding steroid dienone is 7. The van der Waals surface area contributed by atoms with Crippen molar-refractivity contribution < 1.29 is 39.2 Å². The molecule has 0 spiro atoms. The van der Waals surface area contributed by atoms with E-state index in [1.165, 1.54) is 63.1 Å². The fourth-order valence-electron chi connectivity index (χ4n) is 4.74. The van der Waals surface area contributed by atoms with Gasteiger partial charge in [-0.3, -0.25) is 14.4 Å². The highest BCUT2D eigenvalue weighted by atomic mass is 32.2. The lowest BCUT2D eigenvalue weighted by Crippen LogP contribution is -2.38. The van der Waals surface area contributed by atoms with Crippen molar-refractivity contribution in [1.29, 1.82) is 0 Å². The van der Waals surface area contributed by atoms with Crippen LogP contribution in [-0.2, 0) is 23.9 Å². The largest absolute Gasteiger partial charge is 0.481 e. The Labute approximate surface area is 300 Å². The molecule has 5 N–H and O–H groups in total. The van der Waals surface area contributed by atoms with Gasteiger partial charge in [0.15, 0.2) is 0 Å². The number of aliphatic hydroxyl groups excluding tert-OH is 2. The minimum Gasteiger partial charge on any atom is -0.481 e. The summed E-state index contributed by atoms with van der Waals surface area (Å²) in [6, 6.07) is -1.01. The van der Waals surface area contributed by atoms with Gasteiger partial charge in [0.25, 0.3) is 0 Å². The number of carbonyl (C=O) groups is 3. The summed E-state index contributed by atoms with van der Waals surface area (Å²) in [7, 11) is 0. The van der Waals surface area contributed by atoms with Gasteiger partial charge in [0, 0.05) is 23.8 Å². The van der Waals surface area contributed by atoms with Crippen LogP contribution in [0.3, 0.4) is 0 Å². The second-order valence-electron chi connectivity index (χ2n) is 12.8. The van der Waals surface area contributed by atoms with Crippen molar-refractivity contribution in [3.8, 4) is 0 Å². The summed E-state index contributed by atoms with van der Waals surface area (Å²) in [6.45, 7) is 6.09. The molecule has 0 rings (SSSR count). The van der Waals surface area contributed by atoms with Gasteiger partial charge < -0.3 is 30.5 Å². The second kappa shape index (κ2) is 32.8. The molecule has 0 aliphatic rings. The number of nitrogens with two attached hydrogens (primary N) is 1. The van der Waals surface area contributed by atoms with Gasteiger partial charge in [-0.1, -0.05) is 127 Å².